The topological polar surface area (TPSA) is 54.5 Å². The third-order valence-corrected chi connectivity index (χ3v) is 7.03. The van der Waals surface area contributed by atoms with E-state index in [1.165, 1.54) is 16.1 Å². The summed E-state index contributed by atoms with van der Waals surface area (Å²) in [6, 6.07) is 3.82. The van der Waals surface area contributed by atoms with Crippen molar-refractivity contribution in [2.24, 2.45) is 0 Å². The first kappa shape index (κ1) is 17.7. The Balaban J connectivity index is 2.43. The molecule has 7 heteroatoms. The second-order valence-electron chi connectivity index (χ2n) is 4.67. The zero-order valence-electron chi connectivity index (χ0n) is 12.0. The van der Waals surface area contributed by atoms with Crippen molar-refractivity contribution in [3.8, 4) is 0 Å². The Morgan fingerprint density at radius 2 is 2.20 bits per heavy atom. The number of sulfonamides is 1. The van der Waals surface area contributed by atoms with Crippen LogP contribution in [-0.2, 0) is 21.2 Å². The zero-order valence-corrected chi connectivity index (χ0v) is 14.5. The third-order valence-electron chi connectivity index (χ3n) is 2.99. The minimum Gasteiger partial charge on any atom is -0.288 e. The van der Waals surface area contributed by atoms with Crippen LogP contribution >= 0.6 is 23.1 Å². The highest BCUT2D eigenvalue weighted by Gasteiger charge is 2.23. The fraction of sp³-hybridized carbons (Fsp3) is 0.615. The molecule has 0 bridgehead atoms. The summed E-state index contributed by atoms with van der Waals surface area (Å²) in [5.41, 5.74) is 0. The van der Waals surface area contributed by atoms with Crippen molar-refractivity contribution in [3.63, 3.8) is 0 Å². The summed E-state index contributed by atoms with van der Waals surface area (Å²) >= 11 is 2.81. The SMILES string of the molecule is CC(=O)SC[C@@H](C)N(C)S(=O)(=O)CCCc1cccs1. The Bertz CT molecular complexity index is 511. The van der Waals surface area contributed by atoms with E-state index in [0.29, 0.717) is 12.2 Å². The number of rotatable bonds is 8. The van der Waals surface area contributed by atoms with Crippen LogP contribution < -0.4 is 0 Å². The summed E-state index contributed by atoms with van der Waals surface area (Å²) in [7, 11) is -1.66. The van der Waals surface area contributed by atoms with E-state index in [1.54, 1.807) is 18.4 Å². The molecule has 0 aliphatic rings. The molecule has 0 spiro atoms. The number of hydrogen-bond acceptors (Lipinski definition) is 5. The van der Waals surface area contributed by atoms with Gasteiger partial charge in [0.1, 0.15) is 0 Å². The van der Waals surface area contributed by atoms with Crippen molar-refractivity contribution < 1.29 is 13.2 Å². The maximum Gasteiger partial charge on any atom is 0.214 e. The van der Waals surface area contributed by atoms with Crippen LogP contribution in [0.25, 0.3) is 0 Å². The van der Waals surface area contributed by atoms with Crippen LogP contribution in [0.4, 0.5) is 0 Å². The molecule has 1 heterocycles. The van der Waals surface area contributed by atoms with Gasteiger partial charge >= 0.3 is 0 Å². The maximum atomic E-state index is 12.2. The van der Waals surface area contributed by atoms with Gasteiger partial charge in [0.2, 0.25) is 10.0 Å². The van der Waals surface area contributed by atoms with E-state index in [0.717, 1.165) is 18.2 Å². The lowest BCUT2D eigenvalue weighted by Crippen LogP contribution is -2.38. The van der Waals surface area contributed by atoms with Gasteiger partial charge in [-0.25, -0.2) is 12.7 Å². The van der Waals surface area contributed by atoms with Crippen molar-refractivity contribution in [2.45, 2.75) is 32.7 Å². The van der Waals surface area contributed by atoms with Gasteiger partial charge in [0.05, 0.1) is 5.75 Å². The fourth-order valence-corrected chi connectivity index (χ4v) is 4.61. The molecule has 0 saturated heterocycles. The van der Waals surface area contributed by atoms with E-state index >= 15 is 0 Å². The Morgan fingerprint density at radius 1 is 1.50 bits per heavy atom. The fourth-order valence-electron chi connectivity index (χ4n) is 1.64. The molecule has 0 amide bonds. The lowest BCUT2D eigenvalue weighted by Gasteiger charge is -2.23. The summed E-state index contributed by atoms with van der Waals surface area (Å²) in [6.45, 7) is 3.32. The Kier molecular flexibility index (Phi) is 7.22. The predicted octanol–water partition coefficient (Wildman–Crippen LogP) is 2.61. The van der Waals surface area contributed by atoms with Crippen LogP contribution in [0.5, 0.6) is 0 Å². The van der Waals surface area contributed by atoms with Gasteiger partial charge in [-0.15, -0.1) is 11.3 Å². The maximum absolute atomic E-state index is 12.2. The smallest absolute Gasteiger partial charge is 0.214 e. The molecule has 0 aliphatic carbocycles. The van der Waals surface area contributed by atoms with Crippen LogP contribution in [0.1, 0.15) is 25.1 Å². The summed E-state index contributed by atoms with van der Waals surface area (Å²) < 4.78 is 25.7. The molecule has 0 aliphatic heterocycles. The number of carbonyl (C=O) groups is 1. The minimum absolute atomic E-state index is 0.0142. The zero-order chi connectivity index (χ0) is 15.2. The van der Waals surface area contributed by atoms with Crippen molar-refractivity contribution in [1.29, 1.82) is 0 Å². The number of thioether (sulfide) groups is 1. The van der Waals surface area contributed by atoms with Crippen LogP contribution in [0, 0.1) is 0 Å². The van der Waals surface area contributed by atoms with E-state index in [-0.39, 0.29) is 16.9 Å². The first-order valence-corrected chi connectivity index (χ1v) is 9.92. The molecule has 1 aromatic rings. The molecule has 0 fully saturated rings. The number of hydrogen-bond donors (Lipinski definition) is 0. The molecule has 1 atom stereocenters. The van der Waals surface area contributed by atoms with Gasteiger partial charge in [-0.05, 0) is 31.2 Å². The molecule has 0 unspecified atom stereocenters. The third kappa shape index (κ3) is 5.95. The molecule has 1 rings (SSSR count). The summed E-state index contributed by atoms with van der Waals surface area (Å²) in [5.74, 6) is 0.645. The molecule has 0 saturated carbocycles. The van der Waals surface area contributed by atoms with Crippen molar-refractivity contribution in [2.75, 3.05) is 18.6 Å². The van der Waals surface area contributed by atoms with Gasteiger partial charge in [-0.1, -0.05) is 17.8 Å². The Morgan fingerprint density at radius 3 is 2.75 bits per heavy atom. The molecule has 20 heavy (non-hydrogen) atoms. The molecule has 0 aromatic carbocycles. The van der Waals surface area contributed by atoms with Crippen LogP contribution in [0.2, 0.25) is 0 Å². The van der Waals surface area contributed by atoms with Gasteiger partial charge < -0.3 is 0 Å². The van der Waals surface area contributed by atoms with E-state index < -0.39 is 10.0 Å². The minimum atomic E-state index is -3.25. The number of nitrogens with zero attached hydrogens (tertiary/aromatic N) is 1. The lowest BCUT2D eigenvalue weighted by atomic mass is 10.3. The Hall–Kier alpha value is -0.370. The second-order valence-corrected chi connectivity index (χ2v) is 9.04. The quantitative estimate of drug-likeness (QED) is 0.733. The van der Waals surface area contributed by atoms with Gasteiger partial charge in [-0.2, -0.15) is 0 Å². The van der Waals surface area contributed by atoms with Crippen molar-refractivity contribution in [3.05, 3.63) is 22.4 Å². The molecule has 114 valence electrons. The van der Waals surface area contributed by atoms with E-state index in [1.807, 2.05) is 24.4 Å². The van der Waals surface area contributed by atoms with E-state index in [2.05, 4.69) is 0 Å². The predicted molar refractivity (Wildman–Crippen MR) is 86.8 cm³/mol. The number of thiophene rings is 1. The average Bonchev–Trinajstić information content (AvgIpc) is 2.87. The van der Waals surface area contributed by atoms with Crippen LogP contribution in [0.3, 0.4) is 0 Å². The van der Waals surface area contributed by atoms with E-state index in [9.17, 15) is 13.2 Å². The average molecular weight is 336 g/mol. The standard InChI is InChI=1S/C13H21NO3S3/c1-11(10-19-12(2)15)14(3)20(16,17)9-5-7-13-6-4-8-18-13/h4,6,8,11H,5,7,9-10H2,1-3H3/t11-/m1/s1. The second kappa shape index (κ2) is 8.17. The highest BCUT2D eigenvalue weighted by atomic mass is 32.2. The van der Waals surface area contributed by atoms with Gasteiger partial charge in [-0.3, -0.25) is 4.79 Å². The summed E-state index contributed by atoms with van der Waals surface area (Å²) in [6.07, 6.45) is 1.42. The summed E-state index contributed by atoms with van der Waals surface area (Å²) in [4.78, 5) is 12.1. The molecule has 0 radical (unpaired) electrons. The first-order chi connectivity index (χ1) is 9.33. The Labute approximate surface area is 129 Å². The molecular weight excluding hydrogens is 314 g/mol. The molecule has 1 aromatic heterocycles. The van der Waals surface area contributed by atoms with Gasteiger partial charge in [0.25, 0.3) is 0 Å². The monoisotopic (exact) mass is 335 g/mol. The van der Waals surface area contributed by atoms with Gasteiger partial charge in [0, 0.05) is 30.6 Å². The normalized spacial score (nSPS) is 13.6. The van der Waals surface area contributed by atoms with Gasteiger partial charge in [0.15, 0.2) is 5.12 Å². The lowest BCUT2D eigenvalue weighted by molar-refractivity contribution is -0.109. The molecular formula is C13H21NO3S3. The number of aryl methyl sites for hydroxylation is 1. The van der Waals surface area contributed by atoms with Crippen LogP contribution in [-0.4, -0.2) is 42.4 Å². The first-order valence-electron chi connectivity index (χ1n) is 6.44. The largest absolute Gasteiger partial charge is 0.288 e. The van der Waals surface area contributed by atoms with Crippen LogP contribution in [0.15, 0.2) is 17.5 Å². The molecule has 0 N–H and O–H groups in total. The van der Waals surface area contributed by atoms with Crippen molar-refractivity contribution in [1.82, 2.24) is 4.31 Å². The highest BCUT2D eigenvalue weighted by Crippen LogP contribution is 2.15. The van der Waals surface area contributed by atoms with Crippen molar-refractivity contribution >= 4 is 38.2 Å². The highest BCUT2D eigenvalue weighted by molar-refractivity contribution is 8.13. The number of carbonyl (C=O) groups excluding carboxylic acids is 1. The van der Waals surface area contributed by atoms with E-state index in [4.69, 9.17) is 0 Å². The molecule has 4 nitrogen and oxygen atoms in total. The summed E-state index contributed by atoms with van der Waals surface area (Å²) in [5, 5.41) is 2.01.